The maximum atomic E-state index is 12.6. The summed E-state index contributed by atoms with van der Waals surface area (Å²) in [6, 6.07) is 8.38. The van der Waals surface area contributed by atoms with Gasteiger partial charge in [0, 0.05) is 24.3 Å². The second kappa shape index (κ2) is 5.67. The van der Waals surface area contributed by atoms with Crippen LogP contribution in [0.15, 0.2) is 29.6 Å². The van der Waals surface area contributed by atoms with E-state index in [9.17, 15) is 4.79 Å². The number of benzene rings is 1. The van der Waals surface area contributed by atoms with E-state index in [0.29, 0.717) is 17.7 Å². The van der Waals surface area contributed by atoms with Gasteiger partial charge in [-0.25, -0.2) is 0 Å². The number of carbonyl (C=O) groups excluding carboxylic acids is 1. The third kappa shape index (κ3) is 2.55. The van der Waals surface area contributed by atoms with Gasteiger partial charge >= 0.3 is 0 Å². The van der Waals surface area contributed by atoms with Gasteiger partial charge < -0.3 is 10.2 Å². The number of likely N-dealkylation sites (tertiary alicyclic amines) is 1. The first-order valence-corrected chi connectivity index (χ1v) is 9.07. The van der Waals surface area contributed by atoms with Crippen molar-refractivity contribution in [2.24, 2.45) is 5.41 Å². The normalized spacial score (nSPS) is 20.8. The summed E-state index contributed by atoms with van der Waals surface area (Å²) in [7, 11) is 0. The zero-order chi connectivity index (χ0) is 15.0. The van der Waals surface area contributed by atoms with E-state index in [1.807, 2.05) is 0 Å². The van der Waals surface area contributed by atoms with Crippen molar-refractivity contribution in [3.63, 3.8) is 0 Å². The summed E-state index contributed by atoms with van der Waals surface area (Å²) < 4.78 is 1.28. The van der Waals surface area contributed by atoms with Gasteiger partial charge in [-0.2, -0.15) is 0 Å². The van der Waals surface area contributed by atoms with Crippen LogP contribution in [0.25, 0.3) is 10.1 Å². The highest BCUT2D eigenvalue weighted by Crippen LogP contribution is 2.37. The van der Waals surface area contributed by atoms with Crippen LogP contribution in [0, 0.1) is 5.41 Å². The van der Waals surface area contributed by atoms with Gasteiger partial charge in [-0.1, -0.05) is 18.2 Å². The van der Waals surface area contributed by atoms with Gasteiger partial charge in [-0.05, 0) is 53.6 Å². The minimum absolute atomic E-state index is 0.296. The Bertz CT molecular complexity index is 677. The lowest BCUT2D eigenvalue weighted by atomic mass is 9.78. The maximum absolute atomic E-state index is 12.6. The quantitative estimate of drug-likeness (QED) is 0.924. The van der Waals surface area contributed by atoms with E-state index < -0.39 is 0 Å². The molecule has 1 aromatic heterocycles. The van der Waals surface area contributed by atoms with Gasteiger partial charge in [0.1, 0.15) is 0 Å². The van der Waals surface area contributed by atoms with Gasteiger partial charge in [0.25, 0.3) is 0 Å². The van der Waals surface area contributed by atoms with E-state index >= 15 is 0 Å². The summed E-state index contributed by atoms with van der Waals surface area (Å²) in [5.41, 5.74) is 1.67. The number of rotatable bonds is 2. The van der Waals surface area contributed by atoms with Crippen molar-refractivity contribution in [1.29, 1.82) is 0 Å². The molecule has 2 aliphatic heterocycles. The Kier molecular flexibility index (Phi) is 3.66. The first-order valence-electron chi connectivity index (χ1n) is 8.19. The summed E-state index contributed by atoms with van der Waals surface area (Å²) in [5.74, 6) is 0.296. The van der Waals surface area contributed by atoms with Gasteiger partial charge in [0.2, 0.25) is 5.91 Å². The fourth-order valence-electron chi connectivity index (χ4n) is 3.90. The molecule has 2 fully saturated rings. The van der Waals surface area contributed by atoms with E-state index in [1.54, 1.807) is 11.3 Å². The second-order valence-electron chi connectivity index (χ2n) is 6.74. The zero-order valence-electron chi connectivity index (χ0n) is 12.8. The molecule has 4 rings (SSSR count). The van der Waals surface area contributed by atoms with Crippen molar-refractivity contribution >= 4 is 27.3 Å². The zero-order valence-corrected chi connectivity index (χ0v) is 13.6. The molecule has 0 aliphatic carbocycles. The molecule has 0 unspecified atom stereocenters. The predicted molar refractivity (Wildman–Crippen MR) is 91.3 cm³/mol. The molecule has 116 valence electrons. The standard InChI is InChI=1S/C18H22N2OS/c21-17(11-14-12-22-16-4-2-1-3-15(14)16)20-9-6-18(7-10-20)5-8-19-13-18/h1-4,12,19H,5-11,13H2. The molecule has 2 saturated heterocycles. The van der Waals surface area contributed by atoms with Crippen LogP contribution in [0.3, 0.4) is 0 Å². The molecular weight excluding hydrogens is 292 g/mol. The van der Waals surface area contributed by atoms with Gasteiger partial charge in [-0.15, -0.1) is 11.3 Å². The molecule has 0 atom stereocenters. The number of carbonyl (C=O) groups is 1. The summed E-state index contributed by atoms with van der Waals surface area (Å²) in [4.78, 5) is 14.7. The van der Waals surface area contributed by atoms with E-state index in [4.69, 9.17) is 0 Å². The molecule has 0 radical (unpaired) electrons. The Morgan fingerprint density at radius 2 is 2.05 bits per heavy atom. The van der Waals surface area contributed by atoms with Gasteiger partial charge in [0.15, 0.2) is 0 Å². The highest BCUT2D eigenvalue weighted by atomic mass is 32.1. The van der Waals surface area contributed by atoms with E-state index in [1.165, 1.54) is 22.1 Å². The van der Waals surface area contributed by atoms with E-state index in [2.05, 4.69) is 39.9 Å². The molecule has 0 saturated carbocycles. The highest BCUT2D eigenvalue weighted by Gasteiger charge is 2.37. The number of nitrogens with one attached hydrogen (secondary N) is 1. The van der Waals surface area contributed by atoms with Crippen LogP contribution in [-0.2, 0) is 11.2 Å². The van der Waals surface area contributed by atoms with Crippen molar-refractivity contribution in [2.75, 3.05) is 26.2 Å². The first kappa shape index (κ1) is 14.2. The minimum atomic E-state index is 0.296. The Hall–Kier alpha value is -1.39. The SMILES string of the molecule is O=C(Cc1csc2ccccc12)N1CCC2(CCNC2)CC1. The monoisotopic (exact) mass is 314 g/mol. The van der Waals surface area contributed by atoms with Crippen molar-refractivity contribution in [1.82, 2.24) is 10.2 Å². The Labute approximate surface area is 135 Å². The predicted octanol–water partition coefficient (Wildman–Crippen LogP) is 3.05. The average molecular weight is 314 g/mol. The largest absolute Gasteiger partial charge is 0.342 e. The summed E-state index contributed by atoms with van der Waals surface area (Å²) in [6.45, 7) is 4.16. The smallest absolute Gasteiger partial charge is 0.227 e. The summed E-state index contributed by atoms with van der Waals surface area (Å²) in [5, 5.41) is 6.87. The molecule has 1 amide bonds. The number of amides is 1. The number of thiophene rings is 1. The van der Waals surface area contributed by atoms with E-state index in [0.717, 1.165) is 39.0 Å². The molecule has 1 N–H and O–H groups in total. The second-order valence-corrected chi connectivity index (χ2v) is 7.65. The van der Waals surface area contributed by atoms with Crippen LogP contribution in [0.4, 0.5) is 0 Å². The number of piperidine rings is 1. The van der Waals surface area contributed by atoms with Crippen molar-refractivity contribution in [2.45, 2.75) is 25.7 Å². The number of hydrogen-bond donors (Lipinski definition) is 1. The third-order valence-corrected chi connectivity index (χ3v) is 6.42. The molecule has 22 heavy (non-hydrogen) atoms. The minimum Gasteiger partial charge on any atom is -0.342 e. The average Bonchev–Trinajstić information content (AvgIpc) is 3.16. The van der Waals surface area contributed by atoms with Crippen LogP contribution in [0.2, 0.25) is 0 Å². The Balaban J connectivity index is 1.42. The van der Waals surface area contributed by atoms with Crippen molar-refractivity contribution < 1.29 is 4.79 Å². The highest BCUT2D eigenvalue weighted by molar-refractivity contribution is 7.17. The van der Waals surface area contributed by atoms with Crippen LogP contribution in [-0.4, -0.2) is 37.0 Å². The third-order valence-electron chi connectivity index (χ3n) is 5.41. The lowest BCUT2D eigenvalue weighted by Gasteiger charge is -2.39. The van der Waals surface area contributed by atoms with Crippen molar-refractivity contribution in [3.8, 4) is 0 Å². The molecule has 2 aliphatic rings. The number of fused-ring (bicyclic) bond motifs is 1. The fourth-order valence-corrected chi connectivity index (χ4v) is 4.86. The van der Waals surface area contributed by atoms with Gasteiger partial charge in [0.05, 0.1) is 6.42 Å². The number of hydrogen-bond acceptors (Lipinski definition) is 3. The Morgan fingerprint density at radius 1 is 1.23 bits per heavy atom. The van der Waals surface area contributed by atoms with Crippen molar-refractivity contribution in [3.05, 3.63) is 35.2 Å². The summed E-state index contributed by atoms with van der Waals surface area (Å²) >= 11 is 1.74. The van der Waals surface area contributed by atoms with E-state index in [-0.39, 0.29) is 0 Å². The fraction of sp³-hybridized carbons (Fsp3) is 0.500. The van der Waals surface area contributed by atoms with Crippen LogP contribution >= 0.6 is 11.3 Å². The maximum Gasteiger partial charge on any atom is 0.227 e. The molecule has 1 aromatic carbocycles. The van der Waals surface area contributed by atoms with Crippen LogP contribution in [0.1, 0.15) is 24.8 Å². The van der Waals surface area contributed by atoms with Crippen LogP contribution < -0.4 is 5.32 Å². The first-order chi connectivity index (χ1) is 10.8. The molecule has 0 bridgehead atoms. The van der Waals surface area contributed by atoms with Gasteiger partial charge in [-0.3, -0.25) is 4.79 Å². The molecule has 1 spiro atoms. The molecule has 3 nitrogen and oxygen atoms in total. The number of nitrogens with zero attached hydrogens (tertiary/aromatic N) is 1. The Morgan fingerprint density at radius 3 is 2.82 bits per heavy atom. The molecular formula is C18H22N2OS. The summed E-state index contributed by atoms with van der Waals surface area (Å²) in [6.07, 6.45) is 4.16. The lowest BCUT2D eigenvalue weighted by Crippen LogP contribution is -2.44. The molecule has 2 aromatic rings. The topological polar surface area (TPSA) is 32.3 Å². The van der Waals surface area contributed by atoms with Crippen LogP contribution in [0.5, 0.6) is 0 Å². The lowest BCUT2D eigenvalue weighted by molar-refractivity contribution is -0.132. The molecule has 4 heteroatoms. The molecule has 3 heterocycles.